The minimum absolute atomic E-state index is 0.677. The summed E-state index contributed by atoms with van der Waals surface area (Å²) in [4.78, 5) is 3.27. The van der Waals surface area contributed by atoms with Gasteiger partial charge in [-0.3, -0.25) is 0 Å². The van der Waals surface area contributed by atoms with Crippen LogP contribution in [0.5, 0.6) is 0 Å². The Kier molecular flexibility index (Phi) is 3.14. The molecule has 2 aromatic carbocycles. The van der Waals surface area contributed by atoms with Gasteiger partial charge in [-0.2, -0.15) is 5.26 Å². The van der Waals surface area contributed by atoms with E-state index in [-0.39, 0.29) is 0 Å². The second-order valence-corrected chi connectivity index (χ2v) is 4.85. The molecule has 3 aromatic rings. The summed E-state index contributed by atoms with van der Waals surface area (Å²) in [5, 5.41) is 13.6. The lowest BCUT2D eigenvalue weighted by Gasteiger charge is -2.10. The number of fused-ring (bicyclic) bond motifs is 1. The number of nitriles is 1. The van der Waals surface area contributed by atoms with Crippen LogP contribution in [0.3, 0.4) is 0 Å². The standard InChI is InChI=1S/C17H15N3/c1-12-5-6-13(10-18)9-16(12)20-11-15-4-2-3-14-7-8-19-17(14)15/h2-9,19-20H,11H2,1H3. The quantitative estimate of drug-likeness (QED) is 0.749. The zero-order chi connectivity index (χ0) is 13.9. The van der Waals surface area contributed by atoms with Gasteiger partial charge in [-0.05, 0) is 41.6 Å². The number of para-hydroxylation sites is 1. The third kappa shape index (κ3) is 2.24. The Morgan fingerprint density at radius 2 is 2.10 bits per heavy atom. The molecule has 0 aliphatic carbocycles. The van der Waals surface area contributed by atoms with E-state index in [4.69, 9.17) is 5.26 Å². The molecular weight excluding hydrogens is 246 g/mol. The summed E-state index contributed by atoms with van der Waals surface area (Å²) < 4.78 is 0. The highest BCUT2D eigenvalue weighted by Crippen LogP contribution is 2.21. The van der Waals surface area contributed by atoms with Gasteiger partial charge in [0.1, 0.15) is 0 Å². The van der Waals surface area contributed by atoms with E-state index in [2.05, 4.69) is 40.6 Å². The second kappa shape index (κ2) is 5.10. The Morgan fingerprint density at radius 3 is 2.95 bits per heavy atom. The van der Waals surface area contributed by atoms with Gasteiger partial charge in [0.05, 0.1) is 17.1 Å². The molecule has 1 heterocycles. The molecule has 3 heteroatoms. The van der Waals surface area contributed by atoms with Gasteiger partial charge in [-0.1, -0.05) is 24.3 Å². The minimum Gasteiger partial charge on any atom is -0.381 e. The number of hydrogen-bond acceptors (Lipinski definition) is 2. The van der Waals surface area contributed by atoms with Crippen molar-refractivity contribution in [3.05, 3.63) is 65.4 Å². The lowest BCUT2D eigenvalue weighted by atomic mass is 10.1. The highest BCUT2D eigenvalue weighted by molar-refractivity contribution is 5.82. The molecule has 0 aliphatic rings. The predicted octanol–water partition coefficient (Wildman–Crippen LogP) is 3.96. The van der Waals surface area contributed by atoms with Gasteiger partial charge in [-0.15, -0.1) is 0 Å². The maximum atomic E-state index is 8.97. The predicted molar refractivity (Wildman–Crippen MR) is 81.5 cm³/mol. The molecule has 0 bridgehead atoms. The first-order valence-corrected chi connectivity index (χ1v) is 6.57. The van der Waals surface area contributed by atoms with E-state index in [1.54, 1.807) is 0 Å². The van der Waals surface area contributed by atoms with Crippen LogP contribution in [0.2, 0.25) is 0 Å². The van der Waals surface area contributed by atoms with Crippen LogP contribution in [0.25, 0.3) is 10.9 Å². The summed E-state index contributed by atoms with van der Waals surface area (Å²) >= 11 is 0. The molecule has 0 amide bonds. The number of H-pyrrole nitrogens is 1. The summed E-state index contributed by atoms with van der Waals surface area (Å²) in [5.41, 5.74) is 5.20. The average molecular weight is 261 g/mol. The smallest absolute Gasteiger partial charge is 0.0992 e. The second-order valence-electron chi connectivity index (χ2n) is 4.85. The molecule has 3 nitrogen and oxygen atoms in total. The fourth-order valence-electron chi connectivity index (χ4n) is 2.37. The van der Waals surface area contributed by atoms with Crippen molar-refractivity contribution in [1.29, 1.82) is 5.26 Å². The van der Waals surface area contributed by atoms with Crippen molar-refractivity contribution < 1.29 is 0 Å². The zero-order valence-electron chi connectivity index (χ0n) is 11.3. The number of aryl methyl sites for hydroxylation is 1. The molecule has 0 unspecified atom stereocenters. The lowest BCUT2D eigenvalue weighted by molar-refractivity contribution is 1.15. The zero-order valence-corrected chi connectivity index (χ0v) is 11.3. The number of aromatic amines is 1. The van der Waals surface area contributed by atoms with Crippen LogP contribution >= 0.6 is 0 Å². The highest BCUT2D eigenvalue weighted by atomic mass is 14.9. The van der Waals surface area contributed by atoms with E-state index < -0.39 is 0 Å². The van der Waals surface area contributed by atoms with Gasteiger partial charge in [0, 0.05) is 18.4 Å². The molecule has 0 fully saturated rings. The Labute approximate surface area is 117 Å². The number of nitrogens with zero attached hydrogens (tertiary/aromatic N) is 1. The molecule has 0 saturated carbocycles. The van der Waals surface area contributed by atoms with Crippen LogP contribution in [-0.4, -0.2) is 4.98 Å². The van der Waals surface area contributed by atoms with Gasteiger partial charge in [0.25, 0.3) is 0 Å². The van der Waals surface area contributed by atoms with E-state index in [0.717, 1.165) is 23.3 Å². The first-order valence-electron chi connectivity index (χ1n) is 6.57. The van der Waals surface area contributed by atoms with Gasteiger partial charge in [0.15, 0.2) is 0 Å². The fourth-order valence-corrected chi connectivity index (χ4v) is 2.37. The number of anilines is 1. The van der Waals surface area contributed by atoms with Gasteiger partial charge in [0.2, 0.25) is 0 Å². The van der Waals surface area contributed by atoms with Crippen molar-refractivity contribution in [3.8, 4) is 6.07 Å². The third-order valence-electron chi connectivity index (χ3n) is 3.51. The first-order chi connectivity index (χ1) is 9.78. The van der Waals surface area contributed by atoms with Crippen LogP contribution in [0.1, 0.15) is 16.7 Å². The van der Waals surface area contributed by atoms with Crippen molar-refractivity contribution in [2.75, 3.05) is 5.32 Å². The molecule has 20 heavy (non-hydrogen) atoms. The number of rotatable bonds is 3. The molecule has 3 rings (SSSR count). The molecule has 98 valence electrons. The number of aromatic nitrogens is 1. The first kappa shape index (κ1) is 12.3. The number of nitrogens with one attached hydrogen (secondary N) is 2. The van der Waals surface area contributed by atoms with Crippen LogP contribution < -0.4 is 5.32 Å². The normalized spacial score (nSPS) is 10.4. The van der Waals surface area contributed by atoms with E-state index in [1.807, 2.05) is 31.3 Å². The SMILES string of the molecule is Cc1ccc(C#N)cc1NCc1cccc2cc[nH]c12. The summed E-state index contributed by atoms with van der Waals surface area (Å²) in [6, 6.07) is 16.2. The molecule has 0 saturated heterocycles. The van der Waals surface area contributed by atoms with Crippen molar-refractivity contribution in [3.63, 3.8) is 0 Å². The topological polar surface area (TPSA) is 51.6 Å². The molecule has 0 aliphatic heterocycles. The third-order valence-corrected chi connectivity index (χ3v) is 3.51. The van der Waals surface area contributed by atoms with Crippen molar-refractivity contribution in [1.82, 2.24) is 4.98 Å². The Morgan fingerprint density at radius 1 is 1.20 bits per heavy atom. The van der Waals surface area contributed by atoms with E-state index in [0.29, 0.717) is 5.56 Å². The van der Waals surface area contributed by atoms with Gasteiger partial charge < -0.3 is 10.3 Å². The summed E-state index contributed by atoms with van der Waals surface area (Å²) in [5.74, 6) is 0. The lowest BCUT2D eigenvalue weighted by Crippen LogP contribution is -2.02. The molecule has 0 radical (unpaired) electrons. The average Bonchev–Trinajstić information content (AvgIpc) is 2.95. The highest BCUT2D eigenvalue weighted by Gasteiger charge is 2.04. The number of hydrogen-bond donors (Lipinski definition) is 2. The molecule has 0 spiro atoms. The largest absolute Gasteiger partial charge is 0.381 e. The maximum absolute atomic E-state index is 8.97. The van der Waals surface area contributed by atoms with E-state index in [1.165, 1.54) is 10.9 Å². The molecular formula is C17H15N3. The van der Waals surface area contributed by atoms with Gasteiger partial charge >= 0.3 is 0 Å². The van der Waals surface area contributed by atoms with Crippen LogP contribution in [-0.2, 0) is 6.54 Å². The van der Waals surface area contributed by atoms with Crippen molar-refractivity contribution >= 4 is 16.6 Å². The van der Waals surface area contributed by atoms with Crippen molar-refractivity contribution in [2.24, 2.45) is 0 Å². The fraction of sp³-hybridized carbons (Fsp3) is 0.118. The monoisotopic (exact) mass is 261 g/mol. The molecule has 1 aromatic heterocycles. The summed E-state index contributed by atoms with van der Waals surface area (Å²) in [6.45, 7) is 2.77. The maximum Gasteiger partial charge on any atom is 0.0992 e. The summed E-state index contributed by atoms with van der Waals surface area (Å²) in [6.07, 6.45) is 1.95. The molecule has 0 atom stereocenters. The number of benzene rings is 2. The Balaban J connectivity index is 1.87. The molecule has 2 N–H and O–H groups in total. The van der Waals surface area contributed by atoms with E-state index in [9.17, 15) is 0 Å². The minimum atomic E-state index is 0.677. The van der Waals surface area contributed by atoms with Crippen LogP contribution in [0, 0.1) is 18.3 Å². The van der Waals surface area contributed by atoms with Crippen LogP contribution in [0.4, 0.5) is 5.69 Å². The van der Waals surface area contributed by atoms with Gasteiger partial charge in [-0.25, -0.2) is 0 Å². The van der Waals surface area contributed by atoms with Crippen molar-refractivity contribution in [2.45, 2.75) is 13.5 Å². The Hall–Kier alpha value is -2.73. The summed E-state index contributed by atoms with van der Waals surface area (Å²) in [7, 11) is 0. The van der Waals surface area contributed by atoms with E-state index >= 15 is 0 Å². The Bertz CT molecular complexity index is 793. The van der Waals surface area contributed by atoms with Crippen LogP contribution in [0.15, 0.2) is 48.7 Å².